The molecule has 0 spiro atoms. The summed E-state index contributed by atoms with van der Waals surface area (Å²) in [6, 6.07) is 0. The zero-order chi connectivity index (χ0) is 16.7. The Hall–Kier alpha value is -1.10. The van der Waals surface area contributed by atoms with Gasteiger partial charge in [0.25, 0.3) is 0 Å². The number of amides is 2. The summed E-state index contributed by atoms with van der Waals surface area (Å²) in [6.45, 7) is 9.88. The van der Waals surface area contributed by atoms with Crippen molar-refractivity contribution in [2.45, 2.75) is 52.4 Å². The van der Waals surface area contributed by atoms with Crippen LogP contribution in [0.5, 0.6) is 0 Å². The number of nitrogens with one attached hydrogen (secondary N) is 1. The largest absolute Gasteiger partial charge is 0.356 e. The summed E-state index contributed by atoms with van der Waals surface area (Å²) in [5.74, 6) is 0.780. The van der Waals surface area contributed by atoms with E-state index in [0.29, 0.717) is 5.91 Å². The van der Waals surface area contributed by atoms with Crippen LogP contribution < -0.4 is 5.32 Å². The second-order valence-corrected chi connectivity index (χ2v) is 6.95. The van der Waals surface area contributed by atoms with Crippen LogP contribution in [-0.2, 0) is 9.59 Å². The van der Waals surface area contributed by atoms with Gasteiger partial charge in [-0.2, -0.15) is 0 Å². The molecule has 2 aliphatic rings. The summed E-state index contributed by atoms with van der Waals surface area (Å²) in [5, 5.41) is 3.03. The molecule has 132 valence electrons. The third-order valence-corrected chi connectivity index (χ3v) is 5.41. The molecule has 0 atom stereocenters. The average Bonchev–Trinajstić information content (AvgIpc) is 2.61. The fourth-order valence-corrected chi connectivity index (χ4v) is 3.68. The van der Waals surface area contributed by atoms with Gasteiger partial charge in [0, 0.05) is 44.6 Å². The van der Waals surface area contributed by atoms with E-state index in [-0.39, 0.29) is 17.7 Å². The number of rotatable bonds is 6. The molecule has 1 aliphatic carbocycles. The Kier molecular flexibility index (Phi) is 7.34. The molecule has 1 aliphatic heterocycles. The SMILES string of the molecule is CCCCNC(=O)C1CCC(C(=O)N2CCN(CC)CC2)CC1. The predicted octanol–water partition coefficient (Wildman–Crippen LogP) is 1.87. The summed E-state index contributed by atoms with van der Waals surface area (Å²) in [4.78, 5) is 29.2. The minimum Gasteiger partial charge on any atom is -0.356 e. The van der Waals surface area contributed by atoms with Crippen LogP contribution in [0.2, 0.25) is 0 Å². The van der Waals surface area contributed by atoms with Gasteiger partial charge in [0.1, 0.15) is 0 Å². The topological polar surface area (TPSA) is 52.7 Å². The lowest BCUT2D eigenvalue weighted by Gasteiger charge is -2.37. The fraction of sp³-hybridized carbons (Fsp3) is 0.889. The third-order valence-electron chi connectivity index (χ3n) is 5.41. The van der Waals surface area contributed by atoms with Crippen molar-refractivity contribution in [1.29, 1.82) is 0 Å². The van der Waals surface area contributed by atoms with Crippen LogP contribution in [-0.4, -0.2) is 60.9 Å². The van der Waals surface area contributed by atoms with E-state index in [1.807, 2.05) is 4.90 Å². The quantitative estimate of drug-likeness (QED) is 0.759. The van der Waals surface area contributed by atoms with Crippen LogP contribution in [0.3, 0.4) is 0 Å². The van der Waals surface area contributed by atoms with Gasteiger partial charge in [-0.25, -0.2) is 0 Å². The second-order valence-electron chi connectivity index (χ2n) is 6.95. The Bertz CT molecular complexity index is 384. The molecule has 2 rings (SSSR count). The maximum absolute atomic E-state index is 12.6. The first-order valence-corrected chi connectivity index (χ1v) is 9.44. The summed E-state index contributed by atoms with van der Waals surface area (Å²) in [5.41, 5.74) is 0. The average molecular weight is 323 g/mol. The number of hydrogen-bond donors (Lipinski definition) is 1. The number of piperazine rings is 1. The van der Waals surface area contributed by atoms with Crippen molar-refractivity contribution in [2.75, 3.05) is 39.3 Å². The molecule has 23 heavy (non-hydrogen) atoms. The maximum Gasteiger partial charge on any atom is 0.225 e. The lowest BCUT2D eigenvalue weighted by Crippen LogP contribution is -2.50. The molecule has 0 aromatic heterocycles. The highest BCUT2D eigenvalue weighted by molar-refractivity contribution is 5.81. The van der Waals surface area contributed by atoms with Gasteiger partial charge in [-0.15, -0.1) is 0 Å². The van der Waals surface area contributed by atoms with E-state index in [0.717, 1.165) is 77.8 Å². The molecule has 5 nitrogen and oxygen atoms in total. The van der Waals surface area contributed by atoms with Gasteiger partial charge >= 0.3 is 0 Å². The third kappa shape index (κ3) is 5.20. The smallest absolute Gasteiger partial charge is 0.225 e. The summed E-state index contributed by atoms with van der Waals surface area (Å²) in [7, 11) is 0. The molecule has 1 saturated carbocycles. The van der Waals surface area contributed by atoms with Crippen LogP contribution in [0.1, 0.15) is 52.4 Å². The molecular weight excluding hydrogens is 290 g/mol. The maximum atomic E-state index is 12.6. The van der Waals surface area contributed by atoms with Gasteiger partial charge in [0.15, 0.2) is 0 Å². The second kappa shape index (κ2) is 9.26. The number of nitrogens with zero attached hydrogens (tertiary/aromatic N) is 2. The molecule has 1 N–H and O–H groups in total. The van der Waals surface area contributed by atoms with Crippen LogP contribution >= 0.6 is 0 Å². The number of carbonyl (C=O) groups is 2. The van der Waals surface area contributed by atoms with Crippen molar-refractivity contribution >= 4 is 11.8 Å². The van der Waals surface area contributed by atoms with Crippen molar-refractivity contribution in [2.24, 2.45) is 11.8 Å². The van der Waals surface area contributed by atoms with Gasteiger partial charge < -0.3 is 15.1 Å². The van der Waals surface area contributed by atoms with E-state index in [1.165, 1.54) is 0 Å². The summed E-state index contributed by atoms with van der Waals surface area (Å²) < 4.78 is 0. The van der Waals surface area contributed by atoms with E-state index in [2.05, 4.69) is 24.1 Å². The van der Waals surface area contributed by atoms with E-state index >= 15 is 0 Å². The van der Waals surface area contributed by atoms with Crippen molar-refractivity contribution in [3.63, 3.8) is 0 Å². The first-order chi connectivity index (χ1) is 11.2. The fourth-order valence-electron chi connectivity index (χ4n) is 3.68. The first-order valence-electron chi connectivity index (χ1n) is 9.44. The number of carbonyl (C=O) groups excluding carboxylic acids is 2. The number of unbranched alkanes of at least 4 members (excludes halogenated alkanes) is 1. The Morgan fingerprint density at radius 2 is 1.57 bits per heavy atom. The molecule has 1 heterocycles. The van der Waals surface area contributed by atoms with Crippen LogP contribution in [0.4, 0.5) is 0 Å². The van der Waals surface area contributed by atoms with E-state index < -0.39 is 0 Å². The van der Waals surface area contributed by atoms with Crippen molar-refractivity contribution in [1.82, 2.24) is 15.1 Å². The van der Waals surface area contributed by atoms with Gasteiger partial charge in [-0.1, -0.05) is 20.3 Å². The summed E-state index contributed by atoms with van der Waals surface area (Å²) >= 11 is 0. The van der Waals surface area contributed by atoms with E-state index in [1.54, 1.807) is 0 Å². The summed E-state index contributed by atoms with van der Waals surface area (Å²) in [6.07, 6.45) is 5.63. The van der Waals surface area contributed by atoms with Crippen LogP contribution in [0.25, 0.3) is 0 Å². The molecule has 0 aromatic carbocycles. The highest BCUT2D eigenvalue weighted by atomic mass is 16.2. The molecule has 2 amide bonds. The van der Waals surface area contributed by atoms with Gasteiger partial charge in [0.2, 0.25) is 11.8 Å². The number of likely N-dealkylation sites (N-methyl/N-ethyl adjacent to an activating group) is 1. The van der Waals surface area contributed by atoms with Crippen molar-refractivity contribution in [3.8, 4) is 0 Å². The monoisotopic (exact) mass is 323 g/mol. The van der Waals surface area contributed by atoms with Gasteiger partial charge in [-0.05, 0) is 38.6 Å². The van der Waals surface area contributed by atoms with E-state index in [9.17, 15) is 9.59 Å². The van der Waals surface area contributed by atoms with Crippen molar-refractivity contribution < 1.29 is 9.59 Å². The first kappa shape index (κ1) is 18.2. The Morgan fingerprint density at radius 3 is 2.13 bits per heavy atom. The minimum atomic E-state index is 0.118. The highest BCUT2D eigenvalue weighted by Gasteiger charge is 2.32. The van der Waals surface area contributed by atoms with Crippen molar-refractivity contribution in [3.05, 3.63) is 0 Å². The Labute approximate surface area is 140 Å². The lowest BCUT2D eigenvalue weighted by atomic mass is 9.81. The van der Waals surface area contributed by atoms with E-state index in [4.69, 9.17) is 0 Å². The highest BCUT2D eigenvalue weighted by Crippen LogP contribution is 2.30. The molecule has 5 heteroatoms. The Balaban J connectivity index is 1.71. The van der Waals surface area contributed by atoms with Crippen LogP contribution in [0, 0.1) is 11.8 Å². The molecular formula is C18H33N3O2. The minimum absolute atomic E-state index is 0.118. The molecule has 0 unspecified atom stereocenters. The van der Waals surface area contributed by atoms with Gasteiger partial charge in [0.05, 0.1) is 0 Å². The molecule has 0 bridgehead atoms. The van der Waals surface area contributed by atoms with Crippen LogP contribution in [0.15, 0.2) is 0 Å². The number of hydrogen-bond acceptors (Lipinski definition) is 3. The lowest BCUT2D eigenvalue weighted by molar-refractivity contribution is -0.140. The zero-order valence-corrected chi connectivity index (χ0v) is 14.9. The molecule has 2 fully saturated rings. The predicted molar refractivity (Wildman–Crippen MR) is 92.1 cm³/mol. The zero-order valence-electron chi connectivity index (χ0n) is 14.9. The normalized spacial score (nSPS) is 26.1. The molecule has 0 aromatic rings. The standard InChI is InChI=1S/C18H33N3O2/c1-3-5-10-19-17(22)15-6-8-16(9-7-15)18(23)21-13-11-20(4-2)12-14-21/h15-16H,3-14H2,1-2H3,(H,19,22). The molecule has 1 saturated heterocycles. The Morgan fingerprint density at radius 1 is 0.957 bits per heavy atom. The molecule has 0 radical (unpaired) electrons. The van der Waals surface area contributed by atoms with Gasteiger partial charge in [-0.3, -0.25) is 9.59 Å².